The molecule has 0 radical (unpaired) electrons. The summed E-state index contributed by atoms with van der Waals surface area (Å²) in [5.74, 6) is -0.0199. The molecule has 2 heterocycles. The first-order valence-electron chi connectivity index (χ1n) is 9.64. The number of benzene rings is 2. The van der Waals surface area contributed by atoms with Crippen LogP contribution in [0.3, 0.4) is 0 Å². The van der Waals surface area contributed by atoms with E-state index < -0.39 is 0 Å². The molecule has 0 unspecified atom stereocenters. The Morgan fingerprint density at radius 3 is 2.52 bits per heavy atom. The van der Waals surface area contributed by atoms with Gasteiger partial charge in [-0.3, -0.25) is 14.4 Å². The van der Waals surface area contributed by atoms with Crippen molar-refractivity contribution >= 4 is 32.6 Å². The van der Waals surface area contributed by atoms with Crippen molar-refractivity contribution in [3.63, 3.8) is 0 Å². The van der Waals surface area contributed by atoms with Gasteiger partial charge >= 0.3 is 0 Å². The molecular formula is C23H24N4OS. The topological polar surface area (TPSA) is 51.0 Å². The molecule has 0 aliphatic rings. The highest BCUT2D eigenvalue weighted by Crippen LogP contribution is 2.32. The average Bonchev–Trinajstić information content (AvgIpc) is 3.23. The lowest BCUT2D eigenvalue weighted by molar-refractivity contribution is -0.119. The second-order valence-corrected chi connectivity index (χ2v) is 8.48. The fraction of sp³-hybridized carbons (Fsp3) is 0.261. The summed E-state index contributed by atoms with van der Waals surface area (Å²) < 4.78 is 2.87. The Bertz CT molecular complexity index is 1180. The van der Waals surface area contributed by atoms with Crippen LogP contribution in [0.15, 0.2) is 48.5 Å². The minimum atomic E-state index is -0.0199. The van der Waals surface area contributed by atoms with Gasteiger partial charge in [0.25, 0.3) is 5.91 Å². The molecule has 0 spiro atoms. The van der Waals surface area contributed by atoms with Crippen LogP contribution in [-0.2, 0) is 17.9 Å². The van der Waals surface area contributed by atoms with E-state index in [2.05, 4.69) is 31.1 Å². The summed E-state index contributed by atoms with van der Waals surface area (Å²) in [7, 11) is 0. The highest BCUT2D eigenvalue weighted by Gasteiger charge is 2.22. The van der Waals surface area contributed by atoms with Gasteiger partial charge in [0.15, 0.2) is 5.13 Å². The SMILES string of the molecule is Cc1cc(C)c2nc(N(Cc3ccccc3)C(=O)Cn3nc(C)cc3C)sc2c1. The van der Waals surface area contributed by atoms with Crippen molar-refractivity contribution in [2.75, 3.05) is 4.90 Å². The van der Waals surface area contributed by atoms with E-state index in [0.717, 1.165) is 37.9 Å². The maximum absolute atomic E-state index is 13.3. The van der Waals surface area contributed by atoms with Gasteiger partial charge in [-0.05, 0) is 56.5 Å². The number of amides is 1. The number of anilines is 1. The van der Waals surface area contributed by atoms with E-state index in [1.165, 1.54) is 5.56 Å². The molecule has 148 valence electrons. The van der Waals surface area contributed by atoms with Crippen molar-refractivity contribution in [2.24, 2.45) is 0 Å². The molecule has 4 aromatic rings. The number of hydrogen-bond donors (Lipinski definition) is 0. The number of aromatic nitrogens is 3. The summed E-state index contributed by atoms with van der Waals surface area (Å²) in [6.45, 7) is 8.74. The number of carbonyl (C=O) groups is 1. The Balaban J connectivity index is 1.72. The minimum Gasteiger partial charge on any atom is -0.282 e. The zero-order valence-corrected chi connectivity index (χ0v) is 18.0. The number of thiazole rings is 1. The largest absolute Gasteiger partial charge is 0.282 e. The van der Waals surface area contributed by atoms with Crippen LogP contribution >= 0.6 is 11.3 Å². The summed E-state index contributed by atoms with van der Waals surface area (Å²) in [5, 5.41) is 5.18. The minimum absolute atomic E-state index is 0.0199. The number of aryl methyl sites for hydroxylation is 4. The predicted octanol–water partition coefficient (Wildman–Crippen LogP) is 4.96. The third-order valence-corrected chi connectivity index (χ3v) is 5.95. The van der Waals surface area contributed by atoms with Gasteiger partial charge < -0.3 is 0 Å². The van der Waals surface area contributed by atoms with Crippen LogP contribution in [0.25, 0.3) is 10.2 Å². The van der Waals surface area contributed by atoms with Crippen molar-refractivity contribution in [1.29, 1.82) is 0 Å². The van der Waals surface area contributed by atoms with E-state index in [4.69, 9.17) is 4.98 Å². The van der Waals surface area contributed by atoms with Gasteiger partial charge in [-0.25, -0.2) is 4.98 Å². The maximum Gasteiger partial charge on any atom is 0.250 e. The Hall–Kier alpha value is -2.99. The smallest absolute Gasteiger partial charge is 0.250 e. The zero-order valence-electron chi connectivity index (χ0n) is 17.1. The van der Waals surface area contributed by atoms with Gasteiger partial charge in [-0.15, -0.1) is 0 Å². The number of carbonyl (C=O) groups excluding carboxylic acids is 1. The highest BCUT2D eigenvalue weighted by atomic mass is 32.1. The molecule has 0 N–H and O–H groups in total. The van der Waals surface area contributed by atoms with E-state index in [0.29, 0.717) is 6.54 Å². The predicted molar refractivity (Wildman–Crippen MR) is 118 cm³/mol. The molecule has 2 aromatic carbocycles. The Labute approximate surface area is 174 Å². The lowest BCUT2D eigenvalue weighted by Crippen LogP contribution is -2.34. The van der Waals surface area contributed by atoms with E-state index in [9.17, 15) is 4.79 Å². The van der Waals surface area contributed by atoms with Gasteiger partial charge in [0.05, 0.1) is 22.5 Å². The van der Waals surface area contributed by atoms with Gasteiger partial charge in [0.1, 0.15) is 6.54 Å². The summed E-state index contributed by atoms with van der Waals surface area (Å²) >= 11 is 1.57. The fourth-order valence-electron chi connectivity index (χ4n) is 3.55. The van der Waals surface area contributed by atoms with Gasteiger partial charge in [-0.2, -0.15) is 5.10 Å². The fourth-order valence-corrected chi connectivity index (χ4v) is 4.71. The van der Waals surface area contributed by atoms with E-state index in [1.54, 1.807) is 20.9 Å². The quantitative estimate of drug-likeness (QED) is 0.472. The van der Waals surface area contributed by atoms with Crippen LogP contribution < -0.4 is 4.90 Å². The third-order valence-electron chi connectivity index (χ3n) is 4.92. The van der Waals surface area contributed by atoms with Crippen molar-refractivity contribution in [1.82, 2.24) is 14.8 Å². The number of nitrogens with zero attached hydrogens (tertiary/aromatic N) is 4. The van der Waals surface area contributed by atoms with Crippen molar-refractivity contribution in [2.45, 2.75) is 40.8 Å². The second-order valence-electron chi connectivity index (χ2n) is 7.48. The zero-order chi connectivity index (χ0) is 20.5. The molecule has 0 saturated heterocycles. The van der Waals surface area contributed by atoms with Crippen molar-refractivity contribution in [3.05, 3.63) is 76.6 Å². The monoisotopic (exact) mass is 404 g/mol. The van der Waals surface area contributed by atoms with Gasteiger partial charge in [-0.1, -0.05) is 47.7 Å². The molecule has 6 heteroatoms. The van der Waals surface area contributed by atoms with Gasteiger partial charge in [0, 0.05) is 5.69 Å². The molecule has 29 heavy (non-hydrogen) atoms. The molecule has 4 rings (SSSR count). The first kappa shape index (κ1) is 19.3. The molecule has 0 aliphatic heterocycles. The molecule has 1 amide bonds. The van der Waals surface area contributed by atoms with Crippen molar-refractivity contribution in [3.8, 4) is 0 Å². The Kier molecular flexibility index (Phi) is 5.20. The average molecular weight is 405 g/mol. The molecule has 0 fully saturated rings. The molecule has 2 aromatic heterocycles. The third kappa shape index (κ3) is 4.07. The summed E-state index contributed by atoms with van der Waals surface area (Å²) in [6, 6.07) is 16.3. The molecular weight excluding hydrogens is 380 g/mol. The first-order chi connectivity index (χ1) is 13.9. The Morgan fingerprint density at radius 1 is 1.07 bits per heavy atom. The van der Waals surface area contributed by atoms with Crippen LogP contribution in [-0.4, -0.2) is 20.7 Å². The second kappa shape index (κ2) is 7.79. The van der Waals surface area contributed by atoms with E-state index in [1.807, 2.05) is 50.2 Å². The molecule has 0 saturated carbocycles. The van der Waals surface area contributed by atoms with Crippen LogP contribution in [0.1, 0.15) is 28.1 Å². The Morgan fingerprint density at radius 2 is 1.83 bits per heavy atom. The lowest BCUT2D eigenvalue weighted by Gasteiger charge is -2.20. The highest BCUT2D eigenvalue weighted by molar-refractivity contribution is 7.22. The van der Waals surface area contributed by atoms with Crippen LogP contribution in [0.2, 0.25) is 0 Å². The first-order valence-corrected chi connectivity index (χ1v) is 10.5. The molecule has 0 atom stereocenters. The van der Waals surface area contributed by atoms with Crippen LogP contribution in [0, 0.1) is 27.7 Å². The molecule has 5 nitrogen and oxygen atoms in total. The summed E-state index contributed by atoms with van der Waals surface area (Å²) in [4.78, 5) is 20.0. The van der Waals surface area contributed by atoms with Gasteiger partial charge in [0.2, 0.25) is 0 Å². The normalized spacial score (nSPS) is 11.2. The lowest BCUT2D eigenvalue weighted by atomic mass is 10.1. The molecule has 0 aliphatic carbocycles. The van der Waals surface area contributed by atoms with Crippen LogP contribution in [0.4, 0.5) is 5.13 Å². The number of fused-ring (bicyclic) bond motifs is 1. The number of rotatable bonds is 5. The van der Waals surface area contributed by atoms with E-state index >= 15 is 0 Å². The maximum atomic E-state index is 13.3. The molecule has 0 bridgehead atoms. The van der Waals surface area contributed by atoms with Crippen molar-refractivity contribution < 1.29 is 4.79 Å². The summed E-state index contributed by atoms with van der Waals surface area (Å²) in [6.07, 6.45) is 0. The summed E-state index contributed by atoms with van der Waals surface area (Å²) in [5.41, 5.74) is 6.26. The standard InChI is InChI=1S/C23H24N4OS/c1-15-10-16(2)22-20(11-15)29-23(24-22)26(13-19-8-6-5-7-9-19)21(28)14-27-18(4)12-17(3)25-27/h5-12H,13-14H2,1-4H3. The number of hydrogen-bond acceptors (Lipinski definition) is 4. The van der Waals surface area contributed by atoms with E-state index in [-0.39, 0.29) is 12.5 Å². The van der Waals surface area contributed by atoms with Crippen LogP contribution in [0.5, 0.6) is 0 Å².